The van der Waals surface area contributed by atoms with E-state index in [1.807, 2.05) is 31.2 Å². The zero-order chi connectivity index (χ0) is 14.7. The van der Waals surface area contributed by atoms with Crippen LogP contribution in [-0.4, -0.2) is 23.5 Å². The Morgan fingerprint density at radius 1 is 1.40 bits per heavy atom. The molecule has 0 N–H and O–H groups in total. The van der Waals surface area contributed by atoms with Crippen LogP contribution in [0.3, 0.4) is 0 Å². The summed E-state index contributed by atoms with van der Waals surface area (Å²) in [4.78, 5) is 25.7. The number of ether oxygens (including phenoxy) is 1. The molecule has 2 amide bonds. The van der Waals surface area contributed by atoms with Crippen LogP contribution in [0, 0.1) is 0 Å². The first kappa shape index (κ1) is 14.3. The van der Waals surface area contributed by atoms with E-state index in [4.69, 9.17) is 4.74 Å². The van der Waals surface area contributed by atoms with Crippen molar-refractivity contribution in [2.45, 2.75) is 32.7 Å². The van der Waals surface area contributed by atoms with Crippen LogP contribution >= 0.6 is 0 Å². The number of rotatable bonds is 3. The van der Waals surface area contributed by atoms with Crippen molar-refractivity contribution >= 4 is 12.0 Å². The average molecular weight is 273 g/mol. The summed E-state index contributed by atoms with van der Waals surface area (Å²) >= 11 is 0. The molecule has 1 aliphatic heterocycles. The molecule has 1 atom stereocenters. The lowest BCUT2D eigenvalue weighted by atomic mass is 9.83. The van der Waals surface area contributed by atoms with E-state index >= 15 is 0 Å². The zero-order valence-electron chi connectivity index (χ0n) is 11.9. The average Bonchev–Trinajstić information content (AvgIpc) is 2.46. The van der Waals surface area contributed by atoms with Gasteiger partial charge in [0.15, 0.2) is 0 Å². The van der Waals surface area contributed by atoms with E-state index in [-0.39, 0.29) is 19.1 Å². The molecule has 1 aliphatic rings. The summed E-state index contributed by atoms with van der Waals surface area (Å²) in [6.45, 7) is 8.19. The Morgan fingerprint density at radius 3 is 2.75 bits per heavy atom. The van der Waals surface area contributed by atoms with E-state index in [2.05, 4.69) is 6.58 Å². The lowest BCUT2D eigenvalue weighted by Crippen LogP contribution is -2.43. The molecule has 1 unspecified atom stereocenters. The molecule has 4 heteroatoms. The van der Waals surface area contributed by atoms with Crippen molar-refractivity contribution < 1.29 is 14.3 Å². The molecule has 2 rings (SSSR count). The molecule has 1 aromatic carbocycles. The molecule has 0 fully saturated rings. The minimum absolute atomic E-state index is 0.242. The summed E-state index contributed by atoms with van der Waals surface area (Å²) in [7, 11) is 0. The molecule has 4 nitrogen and oxygen atoms in total. The van der Waals surface area contributed by atoms with Gasteiger partial charge >= 0.3 is 6.09 Å². The van der Waals surface area contributed by atoms with Crippen molar-refractivity contribution in [1.82, 2.24) is 4.90 Å². The fourth-order valence-electron chi connectivity index (χ4n) is 2.45. The van der Waals surface area contributed by atoms with Crippen molar-refractivity contribution in [3.05, 3.63) is 47.5 Å². The Labute approximate surface area is 119 Å². The minimum Gasteiger partial charge on any atom is -0.449 e. The van der Waals surface area contributed by atoms with Crippen LogP contribution in [0.1, 0.15) is 37.3 Å². The number of imide groups is 1. The predicted octanol–water partition coefficient (Wildman–Crippen LogP) is 3.24. The fraction of sp³-hybridized carbons (Fsp3) is 0.375. The van der Waals surface area contributed by atoms with Gasteiger partial charge in [0, 0.05) is 0 Å². The van der Waals surface area contributed by atoms with Crippen molar-refractivity contribution in [3.8, 4) is 0 Å². The third kappa shape index (κ3) is 2.46. The first-order chi connectivity index (χ1) is 9.60. The third-order valence-electron chi connectivity index (χ3n) is 3.56. The molecule has 0 saturated carbocycles. The Hall–Kier alpha value is -2.10. The highest BCUT2D eigenvalue weighted by molar-refractivity contribution is 5.99. The Bertz CT molecular complexity index is 550. The predicted molar refractivity (Wildman–Crippen MR) is 76.2 cm³/mol. The van der Waals surface area contributed by atoms with Crippen LogP contribution in [-0.2, 0) is 16.1 Å². The number of carbonyl (C=O) groups excluding carboxylic acids is 2. The molecular formula is C16H19NO3. The van der Waals surface area contributed by atoms with Crippen LogP contribution in [0.25, 0.3) is 0 Å². The van der Waals surface area contributed by atoms with Crippen molar-refractivity contribution in [1.29, 1.82) is 0 Å². The summed E-state index contributed by atoms with van der Waals surface area (Å²) in [5.74, 6) is -0.691. The van der Waals surface area contributed by atoms with E-state index in [0.29, 0.717) is 6.42 Å². The number of hydrogen-bond donors (Lipinski definition) is 0. The quantitative estimate of drug-likeness (QED) is 0.794. The van der Waals surface area contributed by atoms with Gasteiger partial charge in [0.25, 0.3) is 0 Å². The van der Waals surface area contributed by atoms with Gasteiger partial charge in [0.05, 0.1) is 19.1 Å². The lowest BCUT2D eigenvalue weighted by molar-refractivity contribution is -0.131. The topological polar surface area (TPSA) is 46.6 Å². The van der Waals surface area contributed by atoms with Crippen molar-refractivity contribution in [2.75, 3.05) is 6.61 Å². The van der Waals surface area contributed by atoms with Gasteiger partial charge in [0.2, 0.25) is 5.91 Å². The molecule has 0 bridgehead atoms. The van der Waals surface area contributed by atoms with Gasteiger partial charge < -0.3 is 4.74 Å². The van der Waals surface area contributed by atoms with Gasteiger partial charge in [-0.15, -0.1) is 0 Å². The molecule has 0 radical (unpaired) electrons. The molecule has 1 aromatic rings. The van der Waals surface area contributed by atoms with Crippen molar-refractivity contribution in [2.24, 2.45) is 0 Å². The molecule has 0 aliphatic carbocycles. The second-order valence-electron chi connectivity index (χ2n) is 4.77. The molecular weight excluding hydrogens is 254 g/mol. The van der Waals surface area contributed by atoms with Gasteiger partial charge in [0.1, 0.15) is 0 Å². The second kappa shape index (κ2) is 5.90. The van der Waals surface area contributed by atoms with Gasteiger partial charge in [-0.1, -0.05) is 43.3 Å². The maximum Gasteiger partial charge on any atom is 0.416 e. The zero-order valence-corrected chi connectivity index (χ0v) is 11.9. The number of nitrogens with zero attached hydrogens (tertiary/aromatic N) is 1. The number of hydrogen-bond acceptors (Lipinski definition) is 3. The number of carbonyl (C=O) groups is 2. The summed E-state index contributed by atoms with van der Waals surface area (Å²) in [6.07, 6.45) is 0.113. The Balaban J connectivity index is 2.42. The second-order valence-corrected chi connectivity index (χ2v) is 4.77. The molecule has 20 heavy (non-hydrogen) atoms. The maximum atomic E-state index is 12.6. The Kier molecular flexibility index (Phi) is 4.23. The molecule has 106 valence electrons. The summed E-state index contributed by atoms with van der Waals surface area (Å²) in [5, 5.41) is 0. The highest BCUT2D eigenvalue weighted by atomic mass is 16.6. The smallest absolute Gasteiger partial charge is 0.416 e. The summed E-state index contributed by atoms with van der Waals surface area (Å²) in [5.41, 5.74) is 2.74. The van der Waals surface area contributed by atoms with Crippen LogP contribution in [0.2, 0.25) is 0 Å². The molecule has 0 spiro atoms. The summed E-state index contributed by atoms with van der Waals surface area (Å²) in [6, 6.07) is 7.68. The van der Waals surface area contributed by atoms with Gasteiger partial charge in [-0.2, -0.15) is 0 Å². The highest BCUT2D eigenvalue weighted by Crippen LogP contribution is 2.35. The van der Waals surface area contributed by atoms with E-state index in [0.717, 1.165) is 16.7 Å². The minimum atomic E-state index is -0.582. The number of benzene rings is 1. The normalized spacial score (nSPS) is 17.6. The Morgan fingerprint density at radius 2 is 2.10 bits per heavy atom. The lowest BCUT2D eigenvalue weighted by Gasteiger charge is -2.33. The third-order valence-corrected chi connectivity index (χ3v) is 3.56. The maximum absolute atomic E-state index is 12.6. The number of amides is 2. The van der Waals surface area contributed by atoms with E-state index < -0.39 is 12.0 Å². The van der Waals surface area contributed by atoms with Crippen molar-refractivity contribution in [3.63, 3.8) is 0 Å². The van der Waals surface area contributed by atoms with E-state index in [1.54, 1.807) is 6.92 Å². The standard InChI is InChI=1S/C16H19NO3/c1-4-11(3)14-13-9-7-6-8-12(13)10-17(15(14)18)16(19)20-5-2/h6-9,14H,3-5,10H2,1-2H3. The van der Waals surface area contributed by atoms with Gasteiger partial charge in [-0.05, 0) is 24.5 Å². The monoisotopic (exact) mass is 273 g/mol. The van der Waals surface area contributed by atoms with Crippen LogP contribution in [0.15, 0.2) is 36.4 Å². The largest absolute Gasteiger partial charge is 0.449 e. The first-order valence-corrected chi connectivity index (χ1v) is 6.83. The van der Waals surface area contributed by atoms with E-state index in [1.165, 1.54) is 4.90 Å². The van der Waals surface area contributed by atoms with E-state index in [9.17, 15) is 9.59 Å². The summed E-state index contributed by atoms with van der Waals surface area (Å²) < 4.78 is 4.96. The van der Waals surface area contributed by atoms with Crippen LogP contribution < -0.4 is 0 Å². The van der Waals surface area contributed by atoms with Gasteiger partial charge in [-0.25, -0.2) is 9.69 Å². The van der Waals surface area contributed by atoms with Gasteiger partial charge in [-0.3, -0.25) is 4.79 Å². The van der Waals surface area contributed by atoms with Crippen LogP contribution in [0.5, 0.6) is 0 Å². The first-order valence-electron chi connectivity index (χ1n) is 6.83. The van der Waals surface area contributed by atoms with Crippen LogP contribution in [0.4, 0.5) is 4.79 Å². The molecule has 0 saturated heterocycles. The molecule has 1 heterocycles. The molecule has 0 aromatic heterocycles. The number of fused-ring (bicyclic) bond motifs is 1. The fourth-order valence-corrected chi connectivity index (χ4v) is 2.45. The SMILES string of the molecule is C=C(CC)C1C(=O)N(C(=O)OCC)Cc2ccccc21. The highest BCUT2D eigenvalue weighted by Gasteiger charge is 2.37.